The van der Waals surface area contributed by atoms with Crippen molar-refractivity contribution < 1.29 is 19.1 Å². The van der Waals surface area contributed by atoms with Gasteiger partial charge in [0.2, 0.25) is 5.91 Å². The van der Waals surface area contributed by atoms with Gasteiger partial charge < -0.3 is 14.8 Å². The first kappa shape index (κ1) is 18.3. The van der Waals surface area contributed by atoms with E-state index in [0.29, 0.717) is 11.3 Å². The third kappa shape index (κ3) is 5.80. The van der Waals surface area contributed by atoms with Gasteiger partial charge in [-0.25, -0.2) is 4.79 Å². The molecule has 2 aromatic carbocycles. The maximum Gasteiger partial charge on any atom is 0.338 e. The second-order valence-electron chi connectivity index (χ2n) is 5.63. The van der Waals surface area contributed by atoms with E-state index in [4.69, 9.17) is 9.47 Å². The number of hydrogen-bond acceptors (Lipinski definition) is 4. The van der Waals surface area contributed by atoms with Crippen LogP contribution < -0.4 is 10.1 Å². The van der Waals surface area contributed by atoms with Crippen LogP contribution in [0.4, 0.5) is 5.69 Å². The number of carbonyl (C=O) groups excluding carboxylic acids is 2. The summed E-state index contributed by atoms with van der Waals surface area (Å²) in [6, 6.07) is 13.9. The number of carbonyl (C=O) groups is 2. The van der Waals surface area contributed by atoms with Gasteiger partial charge in [0, 0.05) is 11.8 Å². The van der Waals surface area contributed by atoms with Crippen molar-refractivity contribution >= 4 is 23.6 Å². The van der Waals surface area contributed by atoms with Crippen LogP contribution in [0.5, 0.6) is 5.75 Å². The number of anilines is 1. The smallest absolute Gasteiger partial charge is 0.338 e. The zero-order valence-electron chi connectivity index (χ0n) is 14.5. The molecule has 0 spiro atoms. The van der Waals surface area contributed by atoms with Crippen molar-refractivity contribution in [2.75, 3.05) is 12.4 Å². The molecule has 0 saturated carbocycles. The van der Waals surface area contributed by atoms with E-state index in [-0.39, 0.29) is 18.0 Å². The van der Waals surface area contributed by atoms with E-state index < -0.39 is 0 Å². The molecule has 0 aliphatic carbocycles. The highest BCUT2D eigenvalue weighted by molar-refractivity contribution is 6.02. The van der Waals surface area contributed by atoms with E-state index in [0.717, 1.165) is 11.3 Å². The summed E-state index contributed by atoms with van der Waals surface area (Å²) in [6.45, 7) is 3.59. The lowest BCUT2D eigenvalue weighted by molar-refractivity contribution is -0.111. The lowest BCUT2D eigenvalue weighted by atomic mass is 10.2. The zero-order chi connectivity index (χ0) is 18.2. The summed E-state index contributed by atoms with van der Waals surface area (Å²) in [5.41, 5.74) is 1.94. The lowest BCUT2D eigenvalue weighted by Crippen LogP contribution is -2.12. The minimum atomic E-state index is -0.382. The third-order valence-corrected chi connectivity index (χ3v) is 3.27. The second kappa shape index (κ2) is 8.68. The molecule has 2 rings (SSSR count). The van der Waals surface area contributed by atoms with Crippen molar-refractivity contribution in [2.24, 2.45) is 0 Å². The SMILES string of the molecule is COc1ccc(/C=C/C(=O)Nc2ccc(C(=O)OC(C)C)cc2)cc1. The minimum Gasteiger partial charge on any atom is -0.497 e. The molecule has 0 aliphatic heterocycles. The third-order valence-electron chi connectivity index (χ3n) is 3.27. The molecule has 0 fully saturated rings. The number of hydrogen-bond donors (Lipinski definition) is 1. The molecule has 0 atom stereocenters. The summed E-state index contributed by atoms with van der Waals surface area (Å²) in [5.74, 6) is 0.123. The normalized spacial score (nSPS) is 10.7. The zero-order valence-corrected chi connectivity index (χ0v) is 14.5. The highest BCUT2D eigenvalue weighted by Crippen LogP contribution is 2.13. The van der Waals surface area contributed by atoms with E-state index in [9.17, 15) is 9.59 Å². The van der Waals surface area contributed by atoms with Crippen LogP contribution in [0.25, 0.3) is 6.08 Å². The maximum atomic E-state index is 12.0. The van der Waals surface area contributed by atoms with Crippen molar-refractivity contribution in [3.63, 3.8) is 0 Å². The molecule has 0 unspecified atom stereocenters. The molecule has 0 aliphatic rings. The summed E-state index contributed by atoms with van der Waals surface area (Å²) in [6.07, 6.45) is 2.99. The number of ether oxygens (including phenoxy) is 2. The van der Waals surface area contributed by atoms with Crippen molar-refractivity contribution in [1.82, 2.24) is 0 Å². The summed E-state index contributed by atoms with van der Waals surface area (Å²) in [4.78, 5) is 23.7. The van der Waals surface area contributed by atoms with Gasteiger partial charge in [0.15, 0.2) is 0 Å². The average molecular weight is 339 g/mol. The largest absolute Gasteiger partial charge is 0.497 e. The van der Waals surface area contributed by atoms with Crippen LogP contribution in [0.1, 0.15) is 29.8 Å². The monoisotopic (exact) mass is 339 g/mol. The van der Waals surface area contributed by atoms with Gasteiger partial charge in [-0.05, 0) is 61.9 Å². The molecule has 1 amide bonds. The number of amides is 1. The summed E-state index contributed by atoms with van der Waals surface area (Å²) < 4.78 is 10.2. The molecule has 0 aromatic heterocycles. The Morgan fingerprint density at radius 3 is 2.20 bits per heavy atom. The Bertz CT molecular complexity index is 746. The fourth-order valence-corrected chi connectivity index (χ4v) is 2.04. The molecule has 5 heteroatoms. The van der Waals surface area contributed by atoms with Gasteiger partial charge in [-0.2, -0.15) is 0 Å². The van der Waals surface area contributed by atoms with E-state index >= 15 is 0 Å². The Hall–Kier alpha value is -3.08. The molecule has 25 heavy (non-hydrogen) atoms. The van der Waals surface area contributed by atoms with Crippen LogP contribution in [0.3, 0.4) is 0 Å². The van der Waals surface area contributed by atoms with Crippen LogP contribution in [0, 0.1) is 0 Å². The first-order chi connectivity index (χ1) is 12.0. The van der Waals surface area contributed by atoms with E-state index in [1.54, 1.807) is 51.3 Å². The predicted octanol–water partition coefficient (Wildman–Crippen LogP) is 3.91. The second-order valence-corrected chi connectivity index (χ2v) is 5.63. The van der Waals surface area contributed by atoms with Crippen LogP contribution >= 0.6 is 0 Å². The molecular weight excluding hydrogens is 318 g/mol. The Labute approximate surface area is 147 Å². The fourth-order valence-electron chi connectivity index (χ4n) is 2.04. The van der Waals surface area contributed by atoms with Gasteiger partial charge in [-0.3, -0.25) is 4.79 Å². The fraction of sp³-hybridized carbons (Fsp3) is 0.200. The summed E-state index contributed by atoms with van der Waals surface area (Å²) in [7, 11) is 1.60. The predicted molar refractivity (Wildman–Crippen MR) is 97.7 cm³/mol. The topological polar surface area (TPSA) is 64.6 Å². The molecule has 0 bridgehead atoms. The highest BCUT2D eigenvalue weighted by Gasteiger charge is 2.09. The first-order valence-electron chi connectivity index (χ1n) is 7.92. The van der Waals surface area contributed by atoms with Gasteiger partial charge in [-0.1, -0.05) is 12.1 Å². The molecule has 1 N–H and O–H groups in total. The molecule has 0 heterocycles. The van der Waals surface area contributed by atoms with Crippen molar-refractivity contribution in [1.29, 1.82) is 0 Å². The Morgan fingerprint density at radius 2 is 1.64 bits per heavy atom. The molecule has 130 valence electrons. The van der Waals surface area contributed by atoms with Crippen LogP contribution in [-0.4, -0.2) is 25.1 Å². The Morgan fingerprint density at radius 1 is 1.00 bits per heavy atom. The van der Waals surface area contributed by atoms with Gasteiger partial charge >= 0.3 is 5.97 Å². The van der Waals surface area contributed by atoms with E-state index in [1.165, 1.54) is 6.08 Å². The lowest BCUT2D eigenvalue weighted by Gasteiger charge is -2.08. The number of nitrogens with one attached hydrogen (secondary N) is 1. The quantitative estimate of drug-likeness (QED) is 0.640. The molecule has 0 saturated heterocycles. The maximum absolute atomic E-state index is 12.0. The Balaban J connectivity index is 1.93. The van der Waals surface area contributed by atoms with Crippen molar-refractivity contribution in [3.8, 4) is 5.75 Å². The molecule has 0 radical (unpaired) electrons. The first-order valence-corrected chi connectivity index (χ1v) is 7.92. The van der Waals surface area contributed by atoms with Crippen molar-refractivity contribution in [3.05, 3.63) is 65.7 Å². The number of rotatable bonds is 6. The van der Waals surface area contributed by atoms with Gasteiger partial charge in [0.25, 0.3) is 0 Å². The minimum absolute atomic E-state index is 0.171. The van der Waals surface area contributed by atoms with E-state index in [2.05, 4.69) is 5.32 Å². The number of methoxy groups -OCH3 is 1. The molecular formula is C20H21NO4. The van der Waals surface area contributed by atoms with Gasteiger partial charge in [0.05, 0.1) is 18.8 Å². The Kier molecular flexibility index (Phi) is 6.34. The molecule has 2 aromatic rings. The van der Waals surface area contributed by atoms with Crippen LogP contribution in [0.15, 0.2) is 54.6 Å². The summed E-state index contributed by atoms with van der Waals surface area (Å²) >= 11 is 0. The van der Waals surface area contributed by atoms with Crippen LogP contribution in [-0.2, 0) is 9.53 Å². The number of esters is 1. The highest BCUT2D eigenvalue weighted by atomic mass is 16.5. The van der Waals surface area contributed by atoms with Crippen molar-refractivity contribution in [2.45, 2.75) is 20.0 Å². The van der Waals surface area contributed by atoms with Gasteiger partial charge in [0.1, 0.15) is 5.75 Å². The summed E-state index contributed by atoms with van der Waals surface area (Å²) in [5, 5.41) is 2.74. The number of benzene rings is 2. The molecule has 5 nitrogen and oxygen atoms in total. The average Bonchev–Trinajstić information content (AvgIpc) is 2.60. The standard InChI is InChI=1S/C20H21NO4/c1-14(2)25-20(23)16-7-9-17(10-8-16)21-19(22)13-6-15-4-11-18(24-3)12-5-15/h4-14H,1-3H3,(H,21,22)/b13-6+. The van der Waals surface area contributed by atoms with E-state index in [1.807, 2.05) is 24.3 Å². The van der Waals surface area contributed by atoms with Gasteiger partial charge in [-0.15, -0.1) is 0 Å². The van der Waals surface area contributed by atoms with Crippen LogP contribution in [0.2, 0.25) is 0 Å².